The van der Waals surface area contributed by atoms with E-state index in [4.69, 9.17) is 0 Å². The average Bonchev–Trinajstić information content (AvgIpc) is 2.57. The van der Waals surface area contributed by atoms with Gasteiger partial charge < -0.3 is 4.90 Å². The second-order valence-corrected chi connectivity index (χ2v) is 5.48. The van der Waals surface area contributed by atoms with E-state index in [1.54, 1.807) is 18.2 Å². The predicted molar refractivity (Wildman–Crippen MR) is 83.4 cm³/mol. The van der Waals surface area contributed by atoms with Gasteiger partial charge >= 0.3 is 0 Å². The molecule has 5 heteroatoms. The quantitative estimate of drug-likeness (QED) is 0.640. The lowest BCUT2D eigenvalue weighted by molar-refractivity contribution is -0.142. The number of piperidine rings is 1. The van der Waals surface area contributed by atoms with Gasteiger partial charge in [-0.15, -0.1) is 0 Å². The topological polar surface area (TPSA) is 66.5 Å². The van der Waals surface area contributed by atoms with Crippen molar-refractivity contribution in [3.8, 4) is 0 Å². The van der Waals surface area contributed by atoms with Gasteiger partial charge in [-0.25, -0.2) is 0 Å². The van der Waals surface area contributed by atoms with E-state index in [1.807, 2.05) is 19.9 Å². The fourth-order valence-corrected chi connectivity index (χ4v) is 2.68. The van der Waals surface area contributed by atoms with E-state index >= 15 is 0 Å². The number of nitrogens with zero attached hydrogens (tertiary/aromatic N) is 1. The van der Waals surface area contributed by atoms with Crippen LogP contribution in [0, 0.1) is 0 Å². The molecule has 2 heterocycles. The SMILES string of the molecule is C=C/C=C\C1=C(C)CC=C(C)N(C2CCC(=O)NC2=O)C1=O. The molecule has 5 nitrogen and oxygen atoms in total. The Labute approximate surface area is 130 Å². The maximum atomic E-state index is 12.9. The minimum atomic E-state index is -0.639. The van der Waals surface area contributed by atoms with Gasteiger partial charge in [-0.1, -0.05) is 30.4 Å². The number of hydrogen-bond acceptors (Lipinski definition) is 3. The maximum Gasteiger partial charge on any atom is 0.258 e. The second-order valence-electron chi connectivity index (χ2n) is 5.48. The van der Waals surface area contributed by atoms with Crippen molar-refractivity contribution >= 4 is 17.7 Å². The third kappa shape index (κ3) is 3.08. The number of imide groups is 1. The zero-order chi connectivity index (χ0) is 16.3. The molecule has 1 unspecified atom stereocenters. The molecule has 2 aliphatic heterocycles. The summed E-state index contributed by atoms with van der Waals surface area (Å²) in [5.74, 6) is -0.913. The Morgan fingerprint density at radius 2 is 2.05 bits per heavy atom. The molecule has 2 rings (SSSR count). The Balaban J connectivity index is 2.38. The van der Waals surface area contributed by atoms with Gasteiger partial charge in [0.2, 0.25) is 11.8 Å². The van der Waals surface area contributed by atoms with E-state index in [1.165, 1.54) is 4.90 Å². The van der Waals surface area contributed by atoms with Crippen LogP contribution in [0.1, 0.15) is 33.1 Å². The Hall–Kier alpha value is -2.43. The molecular weight excluding hydrogens is 280 g/mol. The molecule has 0 saturated carbocycles. The number of hydrogen-bond donors (Lipinski definition) is 1. The molecular formula is C17H20N2O3. The Morgan fingerprint density at radius 3 is 2.68 bits per heavy atom. The van der Waals surface area contributed by atoms with Crippen LogP contribution in [-0.2, 0) is 14.4 Å². The van der Waals surface area contributed by atoms with Crippen LogP contribution in [0.25, 0.3) is 0 Å². The van der Waals surface area contributed by atoms with Crippen LogP contribution in [-0.4, -0.2) is 28.7 Å². The van der Waals surface area contributed by atoms with Crippen LogP contribution in [0.15, 0.2) is 47.7 Å². The number of amides is 3. The van der Waals surface area contributed by atoms with Crippen molar-refractivity contribution in [3.63, 3.8) is 0 Å². The van der Waals surface area contributed by atoms with Gasteiger partial charge in [0.05, 0.1) is 0 Å². The van der Waals surface area contributed by atoms with Crippen molar-refractivity contribution in [2.75, 3.05) is 0 Å². The highest BCUT2D eigenvalue weighted by atomic mass is 16.2. The van der Waals surface area contributed by atoms with Crippen molar-refractivity contribution in [1.82, 2.24) is 10.2 Å². The highest BCUT2D eigenvalue weighted by Crippen LogP contribution is 2.26. The number of allylic oxidation sites excluding steroid dienone is 5. The normalized spacial score (nSPS) is 23.5. The van der Waals surface area contributed by atoms with E-state index in [2.05, 4.69) is 11.9 Å². The molecule has 1 saturated heterocycles. The molecule has 0 aromatic heterocycles. The monoisotopic (exact) mass is 300 g/mol. The fraction of sp³-hybridized carbons (Fsp3) is 0.353. The summed E-state index contributed by atoms with van der Waals surface area (Å²) in [4.78, 5) is 37.8. The van der Waals surface area contributed by atoms with Crippen molar-refractivity contribution in [3.05, 3.63) is 47.7 Å². The average molecular weight is 300 g/mol. The molecule has 0 aromatic carbocycles. The first-order valence-corrected chi connectivity index (χ1v) is 7.28. The number of rotatable bonds is 3. The summed E-state index contributed by atoms with van der Waals surface area (Å²) in [7, 11) is 0. The summed E-state index contributed by atoms with van der Waals surface area (Å²) >= 11 is 0. The van der Waals surface area contributed by atoms with Crippen molar-refractivity contribution < 1.29 is 14.4 Å². The zero-order valence-corrected chi connectivity index (χ0v) is 12.9. The smallest absolute Gasteiger partial charge is 0.258 e. The van der Waals surface area contributed by atoms with Crippen LogP contribution in [0.3, 0.4) is 0 Å². The Morgan fingerprint density at radius 1 is 1.32 bits per heavy atom. The molecule has 1 fully saturated rings. The van der Waals surface area contributed by atoms with E-state index in [0.717, 1.165) is 11.3 Å². The predicted octanol–water partition coefficient (Wildman–Crippen LogP) is 1.99. The van der Waals surface area contributed by atoms with Crippen molar-refractivity contribution in [2.45, 2.75) is 39.2 Å². The van der Waals surface area contributed by atoms with Gasteiger partial charge in [-0.2, -0.15) is 0 Å². The van der Waals surface area contributed by atoms with Gasteiger partial charge in [-0.3, -0.25) is 19.7 Å². The molecule has 1 atom stereocenters. The highest BCUT2D eigenvalue weighted by molar-refractivity contribution is 6.05. The van der Waals surface area contributed by atoms with Gasteiger partial charge in [-0.05, 0) is 32.8 Å². The minimum absolute atomic E-state index is 0.212. The van der Waals surface area contributed by atoms with Gasteiger partial charge in [0.15, 0.2) is 0 Å². The van der Waals surface area contributed by atoms with Crippen molar-refractivity contribution in [2.24, 2.45) is 0 Å². The molecule has 2 aliphatic rings. The molecule has 116 valence electrons. The largest absolute Gasteiger partial charge is 0.300 e. The van der Waals surface area contributed by atoms with Gasteiger partial charge in [0, 0.05) is 17.7 Å². The first kappa shape index (κ1) is 15.9. The minimum Gasteiger partial charge on any atom is -0.300 e. The lowest BCUT2D eigenvalue weighted by Gasteiger charge is -2.33. The molecule has 22 heavy (non-hydrogen) atoms. The third-order valence-electron chi connectivity index (χ3n) is 3.91. The van der Waals surface area contributed by atoms with Crippen LogP contribution in [0.5, 0.6) is 0 Å². The molecule has 0 aliphatic carbocycles. The summed E-state index contributed by atoms with van der Waals surface area (Å²) in [6, 6.07) is -0.639. The number of nitrogens with one attached hydrogen (secondary N) is 1. The molecule has 0 radical (unpaired) electrons. The van der Waals surface area contributed by atoms with Crippen LogP contribution in [0.2, 0.25) is 0 Å². The maximum absolute atomic E-state index is 12.9. The number of carbonyl (C=O) groups excluding carboxylic acids is 3. The molecule has 1 N–H and O–H groups in total. The van der Waals surface area contributed by atoms with Gasteiger partial charge in [0.25, 0.3) is 5.91 Å². The number of carbonyl (C=O) groups is 3. The van der Waals surface area contributed by atoms with Gasteiger partial charge in [0.1, 0.15) is 6.04 Å². The summed E-state index contributed by atoms with van der Waals surface area (Å²) in [6.45, 7) is 7.33. The van der Waals surface area contributed by atoms with E-state index in [-0.39, 0.29) is 18.2 Å². The molecule has 0 bridgehead atoms. The second kappa shape index (κ2) is 6.56. The lowest BCUT2D eigenvalue weighted by atomic mass is 10.0. The third-order valence-corrected chi connectivity index (χ3v) is 3.91. The van der Waals surface area contributed by atoms with Crippen LogP contribution in [0.4, 0.5) is 0 Å². The van der Waals surface area contributed by atoms with E-state index in [0.29, 0.717) is 18.4 Å². The highest BCUT2D eigenvalue weighted by Gasteiger charge is 2.36. The summed E-state index contributed by atoms with van der Waals surface area (Å²) < 4.78 is 0. The summed E-state index contributed by atoms with van der Waals surface area (Å²) in [5.41, 5.74) is 2.25. The zero-order valence-electron chi connectivity index (χ0n) is 12.9. The van der Waals surface area contributed by atoms with E-state index in [9.17, 15) is 14.4 Å². The van der Waals surface area contributed by atoms with Crippen molar-refractivity contribution in [1.29, 1.82) is 0 Å². The molecule has 0 spiro atoms. The first-order chi connectivity index (χ1) is 10.5. The Bertz CT molecular complexity index is 626. The van der Waals surface area contributed by atoms with E-state index < -0.39 is 11.9 Å². The van der Waals surface area contributed by atoms with Crippen LogP contribution >= 0.6 is 0 Å². The summed E-state index contributed by atoms with van der Waals surface area (Å²) in [6.07, 6.45) is 8.21. The first-order valence-electron chi connectivity index (χ1n) is 7.28. The Kier molecular flexibility index (Phi) is 4.75. The molecule has 0 aromatic rings. The molecule has 3 amide bonds. The van der Waals surface area contributed by atoms with Crippen LogP contribution < -0.4 is 5.32 Å². The lowest BCUT2D eigenvalue weighted by Crippen LogP contribution is -2.53. The summed E-state index contributed by atoms with van der Waals surface area (Å²) in [5, 5.41) is 2.31. The standard InChI is InChI=1S/C17H20N2O3/c1-4-5-6-13-11(2)7-8-12(3)19(17(13)22)14-9-10-15(20)18-16(14)21/h4-6,8,14H,1,7,9-10H2,2-3H3,(H,18,20,21)/b6-5-. The fourth-order valence-electron chi connectivity index (χ4n) is 2.68.